The zero-order valence-corrected chi connectivity index (χ0v) is 8.20. The number of hydrogen-bond donors (Lipinski definition) is 0. The van der Waals surface area contributed by atoms with Crippen molar-refractivity contribution in [3.05, 3.63) is 0 Å². The highest BCUT2D eigenvalue weighted by atomic mass is 79.9. The molecule has 0 amide bonds. The molecule has 0 atom stereocenters. The van der Waals surface area contributed by atoms with Gasteiger partial charge in [-0.3, -0.25) is 0 Å². The standard InChI is InChI=1S/C6H11Br.Mg/c7-6-4-2-1-3-5-6;/h6H,1-5H2;. The lowest BCUT2D eigenvalue weighted by Gasteiger charge is -2.13. The Kier molecular flexibility index (Phi) is 5.85. The van der Waals surface area contributed by atoms with Crippen molar-refractivity contribution in [3.63, 3.8) is 0 Å². The van der Waals surface area contributed by atoms with E-state index in [-0.39, 0.29) is 23.1 Å². The highest BCUT2D eigenvalue weighted by Gasteiger charge is 2.07. The summed E-state index contributed by atoms with van der Waals surface area (Å²) in [6, 6.07) is 0. The van der Waals surface area contributed by atoms with Crippen molar-refractivity contribution in [2.45, 2.75) is 36.9 Å². The van der Waals surface area contributed by atoms with Gasteiger partial charge in [-0.2, -0.15) is 0 Å². The van der Waals surface area contributed by atoms with Crippen LogP contribution in [0.4, 0.5) is 0 Å². The van der Waals surface area contributed by atoms with Crippen LogP contribution < -0.4 is 0 Å². The van der Waals surface area contributed by atoms with Gasteiger partial charge in [-0.1, -0.05) is 35.2 Å². The van der Waals surface area contributed by atoms with Gasteiger partial charge in [0.25, 0.3) is 0 Å². The average Bonchev–Trinajstić information content (AvgIpc) is 1.69. The zero-order chi connectivity index (χ0) is 5.11. The third-order valence-electron chi connectivity index (χ3n) is 1.53. The van der Waals surface area contributed by atoms with Crippen LogP contribution in [0.25, 0.3) is 0 Å². The summed E-state index contributed by atoms with van der Waals surface area (Å²) >= 11 is 3.59. The fraction of sp³-hybridized carbons (Fsp3) is 1.00. The maximum absolute atomic E-state index is 3.59. The predicted octanol–water partition coefficient (Wildman–Crippen LogP) is 2.33. The van der Waals surface area contributed by atoms with Gasteiger partial charge >= 0.3 is 0 Å². The summed E-state index contributed by atoms with van der Waals surface area (Å²) in [4.78, 5) is 0.848. The topological polar surface area (TPSA) is 0 Å². The van der Waals surface area contributed by atoms with E-state index < -0.39 is 0 Å². The smallest absolute Gasteiger partial charge is 0.0145 e. The molecule has 0 heterocycles. The molecule has 0 unspecified atom stereocenters. The number of rotatable bonds is 0. The Bertz CT molecular complexity index is 50.5. The van der Waals surface area contributed by atoms with Crippen molar-refractivity contribution < 1.29 is 0 Å². The fourth-order valence-electron chi connectivity index (χ4n) is 1.05. The molecular formula is C6H11BrMg. The molecule has 1 fully saturated rings. The largest absolute Gasteiger partial charge is 0.0891 e. The molecule has 1 aliphatic rings. The number of hydrogen-bond acceptors (Lipinski definition) is 0. The number of alkyl halides is 1. The van der Waals surface area contributed by atoms with E-state index in [9.17, 15) is 0 Å². The first-order valence-corrected chi connectivity index (χ1v) is 3.95. The third kappa shape index (κ3) is 3.31. The molecule has 2 heteroatoms. The van der Waals surface area contributed by atoms with Gasteiger partial charge in [0.1, 0.15) is 0 Å². The summed E-state index contributed by atoms with van der Waals surface area (Å²) < 4.78 is 0. The predicted molar refractivity (Wildman–Crippen MR) is 41.6 cm³/mol. The lowest BCUT2D eigenvalue weighted by atomic mass is 10.0. The molecule has 0 saturated heterocycles. The normalized spacial score (nSPS) is 22.1. The van der Waals surface area contributed by atoms with Gasteiger partial charge in [0, 0.05) is 27.9 Å². The monoisotopic (exact) mass is 186 g/mol. The van der Waals surface area contributed by atoms with Crippen LogP contribution in [-0.4, -0.2) is 27.9 Å². The zero-order valence-electron chi connectivity index (χ0n) is 5.20. The molecule has 0 spiro atoms. The molecule has 0 aromatic carbocycles. The SMILES string of the molecule is BrC1CCCCC1.[Mg]. The second kappa shape index (κ2) is 5.06. The maximum atomic E-state index is 3.59. The summed E-state index contributed by atoms with van der Waals surface area (Å²) in [6.45, 7) is 0. The molecule has 0 bridgehead atoms. The number of halogens is 1. The second-order valence-electron chi connectivity index (χ2n) is 2.24. The summed E-state index contributed by atoms with van der Waals surface area (Å²) in [7, 11) is 0. The molecule has 1 saturated carbocycles. The first-order valence-electron chi connectivity index (χ1n) is 3.03. The lowest BCUT2D eigenvalue weighted by molar-refractivity contribution is 0.521. The van der Waals surface area contributed by atoms with Crippen LogP contribution in [-0.2, 0) is 0 Å². The fourth-order valence-corrected chi connectivity index (χ4v) is 1.70. The summed E-state index contributed by atoms with van der Waals surface area (Å²) in [5, 5.41) is 0. The molecule has 0 aliphatic heterocycles. The molecule has 0 aromatic rings. The van der Waals surface area contributed by atoms with E-state index >= 15 is 0 Å². The molecule has 2 radical (unpaired) electrons. The summed E-state index contributed by atoms with van der Waals surface area (Å²) in [5.74, 6) is 0. The van der Waals surface area contributed by atoms with E-state index in [1.54, 1.807) is 0 Å². The Morgan fingerprint density at radius 3 is 1.75 bits per heavy atom. The minimum absolute atomic E-state index is 0. The second-order valence-corrected chi connectivity index (χ2v) is 3.53. The first kappa shape index (κ1) is 9.25. The van der Waals surface area contributed by atoms with E-state index in [1.165, 1.54) is 32.1 Å². The third-order valence-corrected chi connectivity index (χ3v) is 2.45. The van der Waals surface area contributed by atoms with Gasteiger partial charge in [-0.15, -0.1) is 0 Å². The van der Waals surface area contributed by atoms with Gasteiger partial charge in [-0.05, 0) is 12.8 Å². The van der Waals surface area contributed by atoms with Gasteiger partial charge in [-0.25, -0.2) is 0 Å². The van der Waals surface area contributed by atoms with Crippen molar-refractivity contribution in [2.24, 2.45) is 0 Å². The average molecular weight is 187 g/mol. The quantitative estimate of drug-likeness (QED) is 0.403. The van der Waals surface area contributed by atoms with Crippen LogP contribution in [0.15, 0.2) is 0 Å². The summed E-state index contributed by atoms with van der Waals surface area (Å²) in [6.07, 6.45) is 7.15. The van der Waals surface area contributed by atoms with E-state index in [0.717, 1.165) is 4.83 Å². The minimum atomic E-state index is 0. The van der Waals surface area contributed by atoms with Crippen LogP contribution in [0, 0.1) is 0 Å². The lowest BCUT2D eigenvalue weighted by Crippen LogP contribution is -2.02. The molecule has 0 aromatic heterocycles. The Morgan fingerprint density at radius 2 is 1.50 bits per heavy atom. The van der Waals surface area contributed by atoms with Crippen LogP contribution >= 0.6 is 15.9 Å². The molecular weight excluding hydrogens is 176 g/mol. The Labute approximate surface area is 75.7 Å². The molecule has 1 rings (SSSR count). The molecule has 1 aliphatic carbocycles. The van der Waals surface area contributed by atoms with Crippen molar-refractivity contribution in [1.29, 1.82) is 0 Å². The van der Waals surface area contributed by atoms with E-state index in [2.05, 4.69) is 15.9 Å². The van der Waals surface area contributed by atoms with Crippen LogP contribution in [0.2, 0.25) is 0 Å². The first-order chi connectivity index (χ1) is 3.39. The van der Waals surface area contributed by atoms with Crippen molar-refractivity contribution >= 4 is 39.0 Å². The Hall–Kier alpha value is 1.25. The molecule has 44 valence electrons. The molecule has 0 nitrogen and oxygen atoms in total. The van der Waals surface area contributed by atoms with E-state index in [0.29, 0.717) is 0 Å². The van der Waals surface area contributed by atoms with Crippen LogP contribution in [0.5, 0.6) is 0 Å². The van der Waals surface area contributed by atoms with Gasteiger partial charge < -0.3 is 0 Å². The highest BCUT2D eigenvalue weighted by Crippen LogP contribution is 2.22. The van der Waals surface area contributed by atoms with Gasteiger partial charge in [0.2, 0.25) is 0 Å². The van der Waals surface area contributed by atoms with Crippen molar-refractivity contribution in [3.8, 4) is 0 Å². The van der Waals surface area contributed by atoms with Gasteiger partial charge in [0.05, 0.1) is 0 Å². The Balaban J connectivity index is 0.000000490. The van der Waals surface area contributed by atoms with Crippen LogP contribution in [0.1, 0.15) is 32.1 Å². The van der Waals surface area contributed by atoms with Crippen LogP contribution in [0.3, 0.4) is 0 Å². The maximum Gasteiger partial charge on any atom is 0.0145 e. The highest BCUT2D eigenvalue weighted by molar-refractivity contribution is 9.09. The van der Waals surface area contributed by atoms with E-state index in [4.69, 9.17) is 0 Å². The van der Waals surface area contributed by atoms with Crippen molar-refractivity contribution in [2.75, 3.05) is 0 Å². The minimum Gasteiger partial charge on any atom is -0.0891 e. The Morgan fingerprint density at radius 1 is 1.00 bits per heavy atom. The van der Waals surface area contributed by atoms with Gasteiger partial charge in [0.15, 0.2) is 0 Å². The van der Waals surface area contributed by atoms with E-state index in [1.807, 2.05) is 0 Å². The summed E-state index contributed by atoms with van der Waals surface area (Å²) in [5.41, 5.74) is 0. The molecule has 0 N–H and O–H groups in total. The molecule has 8 heavy (non-hydrogen) atoms. The van der Waals surface area contributed by atoms with Crippen molar-refractivity contribution in [1.82, 2.24) is 0 Å².